The fraction of sp³-hybridized carbons (Fsp3) is 0.667. The van der Waals surface area contributed by atoms with Gasteiger partial charge in [0.1, 0.15) is 5.78 Å². The minimum atomic E-state index is 0.159. The molecule has 96 valence electrons. The zero-order valence-electron chi connectivity index (χ0n) is 10.5. The van der Waals surface area contributed by atoms with Crippen molar-refractivity contribution in [1.29, 1.82) is 0 Å². The van der Waals surface area contributed by atoms with E-state index in [2.05, 4.69) is 18.7 Å². The van der Waals surface area contributed by atoms with Crippen LogP contribution in [0.5, 0.6) is 0 Å². The van der Waals surface area contributed by atoms with Gasteiger partial charge in [0.05, 0.1) is 4.08 Å². The summed E-state index contributed by atoms with van der Waals surface area (Å²) in [6.45, 7) is 4.21. The van der Waals surface area contributed by atoms with Crippen molar-refractivity contribution in [3.63, 3.8) is 0 Å². The van der Waals surface area contributed by atoms with Crippen molar-refractivity contribution in [2.24, 2.45) is 17.3 Å². The van der Waals surface area contributed by atoms with E-state index in [0.717, 1.165) is 19.3 Å². The van der Waals surface area contributed by atoms with Crippen molar-refractivity contribution in [2.45, 2.75) is 29.8 Å². The van der Waals surface area contributed by atoms with Gasteiger partial charge < -0.3 is 0 Å². The first-order valence-corrected chi connectivity index (χ1v) is 8.78. The minimum Gasteiger partial charge on any atom is -0.299 e. The molecule has 0 aromatic carbocycles. The Labute approximate surface area is 117 Å². The van der Waals surface area contributed by atoms with Crippen LogP contribution < -0.4 is 0 Å². The molecule has 4 rings (SSSR count). The summed E-state index contributed by atoms with van der Waals surface area (Å²) in [4.78, 5) is 12.5. The maximum atomic E-state index is 12.5. The lowest BCUT2D eigenvalue weighted by Crippen LogP contribution is -2.43. The maximum absolute atomic E-state index is 12.5. The van der Waals surface area contributed by atoms with Gasteiger partial charge in [0.25, 0.3) is 0 Å². The average Bonchev–Trinajstić information content (AvgIpc) is 2.88. The van der Waals surface area contributed by atoms with E-state index in [4.69, 9.17) is 0 Å². The summed E-state index contributed by atoms with van der Waals surface area (Å²) in [6.07, 6.45) is 8.93. The average molecular weight is 278 g/mol. The smallest absolute Gasteiger partial charge is 0.137 e. The first-order chi connectivity index (χ1) is 8.63. The molecular formula is C15H18OS2. The normalized spacial score (nSPS) is 44.7. The number of carbonyl (C=O) groups is 1. The van der Waals surface area contributed by atoms with E-state index in [-0.39, 0.29) is 15.4 Å². The van der Waals surface area contributed by atoms with Crippen molar-refractivity contribution < 1.29 is 4.79 Å². The molecule has 0 aromatic heterocycles. The van der Waals surface area contributed by atoms with E-state index in [1.807, 2.05) is 23.5 Å². The molecule has 1 heterocycles. The van der Waals surface area contributed by atoms with Gasteiger partial charge >= 0.3 is 0 Å². The molecule has 1 unspecified atom stereocenters. The Hall–Kier alpha value is -0.150. The number of hydrogen-bond acceptors (Lipinski definition) is 3. The molecule has 0 N–H and O–H groups in total. The van der Waals surface area contributed by atoms with Crippen LogP contribution in [0, 0.1) is 17.3 Å². The first-order valence-electron chi connectivity index (χ1n) is 6.81. The highest BCUT2D eigenvalue weighted by molar-refractivity contribution is 8.21. The van der Waals surface area contributed by atoms with Crippen molar-refractivity contribution in [3.05, 3.63) is 24.3 Å². The lowest BCUT2D eigenvalue weighted by molar-refractivity contribution is -0.129. The summed E-state index contributed by atoms with van der Waals surface area (Å²) in [5.74, 6) is 3.74. The summed E-state index contributed by atoms with van der Waals surface area (Å²) in [5.41, 5.74) is 1.49. The van der Waals surface area contributed by atoms with Gasteiger partial charge in [-0.15, -0.1) is 23.5 Å². The van der Waals surface area contributed by atoms with Crippen molar-refractivity contribution in [1.82, 2.24) is 0 Å². The van der Waals surface area contributed by atoms with E-state index in [1.165, 1.54) is 23.5 Å². The van der Waals surface area contributed by atoms with Crippen LogP contribution in [0.4, 0.5) is 0 Å². The first kappa shape index (κ1) is 11.7. The SMILES string of the molecule is C=C1C[C@@]23C=CC4(C[C@H]2C(=O)CC1C3)SCCS4. The minimum absolute atomic E-state index is 0.159. The van der Waals surface area contributed by atoms with Gasteiger partial charge in [-0.1, -0.05) is 24.3 Å². The highest BCUT2D eigenvalue weighted by atomic mass is 32.2. The molecule has 3 fully saturated rings. The van der Waals surface area contributed by atoms with Crippen LogP contribution in [0.2, 0.25) is 0 Å². The maximum Gasteiger partial charge on any atom is 0.137 e. The van der Waals surface area contributed by atoms with E-state index in [1.54, 1.807) is 0 Å². The third kappa shape index (κ3) is 1.46. The zero-order valence-corrected chi connectivity index (χ0v) is 12.1. The second-order valence-corrected chi connectivity index (χ2v) is 9.35. The van der Waals surface area contributed by atoms with Crippen molar-refractivity contribution in [2.75, 3.05) is 11.5 Å². The number of rotatable bonds is 0. The van der Waals surface area contributed by atoms with Crippen molar-refractivity contribution >= 4 is 29.3 Å². The van der Waals surface area contributed by atoms with E-state index < -0.39 is 0 Å². The molecular weight excluding hydrogens is 260 g/mol. The number of thioether (sulfide) groups is 2. The zero-order chi connectivity index (χ0) is 12.4. The second-order valence-electron chi connectivity index (χ2n) is 6.24. The van der Waals surface area contributed by atoms with Gasteiger partial charge in [0.2, 0.25) is 0 Å². The fourth-order valence-corrected chi connectivity index (χ4v) is 7.41. The summed E-state index contributed by atoms with van der Waals surface area (Å²) in [7, 11) is 0. The monoisotopic (exact) mass is 278 g/mol. The Balaban J connectivity index is 1.76. The van der Waals surface area contributed by atoms with Crippen LogP contribution in [0.3, 0.4) is 0 Å². The van der Waals surface area contributed by atoms with Crippen LogP contribution in [-0.2, 0) is 4.79 Å². The second kappa shape index (κ2) is 3.69. The predicted octanol–water partition coefficient (Wildman–Crippen LogP) is 3.66. The topological polar surface area (TPSA) is 17.1 Å². The Morgan fingerprint density at radius 3 is 2.78 bits per heavy atom. The molecule has 2 bridgehead atoms. The molecule has 1 aliphatic heterocycles. The number of ketones is 1. The van der Waals surface area contributed by atoms with Crippen molar-refractivity contribution in [3.8, 4) is 0 Å². The number of Topliss-reactive ketones (excluding diaryl/α,β-unsaturated/α-hetero) is 1. The molecule has 2 saturated carbocycles. The Morgan fingerprint density at radius 1 is 1.22 bits per heavy atom. The van der Waals surface area contributed by atoms with Crippen LogP contribution in [0.1, 0.15) is 25.7 Å². The molecule has 1 nitrogen and oxygen atoms in total. The van der Waals surface area contributed by atoms with E-state index >= 15 is 0 Å². The molecule has 3 heteroatoms. The summed E-state index contributed by atoms with van der Waals surface area (Å²) in [5, 5.41) is 0. The molecule has 1 saturated heterocycles. The van der Waals surface area contributed by atoms with Crippen LogP contribution >= 0.6 is 23.5 Å². The van der Waals surface area contributed by atoms with E-state index in [0.29, 0.717) is 11.7 Å². The lowest BCUT2D eigenvalue weighted by atomic mass is 9.63. The molecule has 4 aliphatic rings. The van der Waals surface area contributed by atoms with Crippen LogP contribution in [0.15, 0.2) is 24.3 Å². The van der Waals surface area contributed by atoms with Gasteiger partial charge in [0, 0.05) is 29.3 Å². The summed E-state index contributed by atoms with van der Waals surface area (Å²) >= 11 is 4.10. The molecule has 18 heavy (non-hydrogen) atoms. The number of carbonyl (C=O) groups excluding carboxylic acids is 1. The lowest BCUT2D eigenvalue weighted by Gasteiger charge is -2.45. The molecule has 3 aliphatic carbocycles. The number of hydrogen-bond donors (Lipinski definition) is 0. The molecule has 3 atom stereocenters. The third-order valence-corrected chi connectivity index (χ3v) is 8.59. The Bertz CT molecular complexity index is 461. The van der Waals surface area contributed by atoms with Crippen LogP contribution in [-0.4, -0.2) is 21.4 Å². The van der Waals surface area contributed by atoms with Gasteiger partial charge in [-0.2, -0.15) is 0 Å². The summed E-state index contributed by atoms with van der Waals surface area (Å²) in [6, 6.07) is 0. The molecule has 0 aromatic rings. The molecule has 2 spiro atoms. The highest BCUT2D eigenvalue weighted by Gasteiger charge is 2.57. The fourth-order valence-electron chi connectivity index (χ4n) is 4.32. The van der Waals surface area contributed by atoms with Gasteiger partial charge in [-0.3, -0.25) is 4.79 Å². The summed E-state index contributed by atoms with van der Waals surface area (Å²) < 4.78 is 0.225. The van der Waals surface area contributed by atoms with Gasteiger partial charge in [-0.05, 0) is 25.2 Å². The van der Waals surface area contributed by atoms with Gasteiger partial charge in [-0.25, -0.2) is 0 Å². The molecule has 0 radical (unpaired) electrons. The number of allylic oxidation sites excluding steroid dienone is 2. The standard InChI is InChI=1S/C15H18OS2/c1-10-7-14-2-3-15(17-4-5-18-15)9-12(14)13(16)6-11(10)8-14/h2-3,11-12H,1,4-9H2/t11?,12-,14+/m0/s1. The third-order valence-electron chi connectivity index (χ3n) is 5.22. The quantitative estimate of drug-likeness (QED) is 0.629. The predicted molar refractivity (Wildman–Crippen MR) is 78.8 cm³/mol. The Kier molecular flexibility index (Phi) is 2.39. The van der Waals surface area contributed by atoms with Gasteiger partial charge in [0.15, 0.2) is 0 Å². The number of fused-ring (bicyclic) bond motifs is 1. The van der Waals surface area contributed by atoms with E-state index in [9.17, 15) is 4.79 Å². The highest BCUT2D eigenvalue weighted by Crippen LogP contribution is 2.63. The largest absolute Gasteiger partial charge is 0.299 e. The molecule has 0 amide bonds. The Morgan fingerprint density at radius 2 is 2.00 bits per heavy atom. The van der Waals surface area contributed by atoms with Crippen LogP contribution in [0.25, 0.3) is 0 Å².